The number of rotatable bonds is 8. The zero-order valence-corrected chi connectivity index (χ0v) is 15.9. The lowest BCUT2D eigenvalue weighted by Crippen LogP contribution is -2.12. The van der Waals surface area contributed by atoms with Crippen LogP contribution in [0, 0.1) is 0 Å². The predicted molar refractivity (Wildman–Crippen MR) is 104 cm³/mol. The molecule has 0 unspecified atom stereocenters. The molecule has 0 saturated carbocycles. The van der Waals surface area contributed by atoms with E-state index < -0.39 is 0 Å². The minimum Gasteiger partial charge on any atom is -0.496 e. The third-order valence-corrected chi connectivity index (χ3v) is 5.00. The molecule has 3 aromatic rings. The van der Waals surface area contributed by atoms with Crippen molar-refractivity contribution < 1.29 is 14.2 Å². The maximum atomic E-state index is 5.52. The normalized spacial score (nSPS) is 10.6. The molecule has 0 atom stereocenters. The van der Waals surface area contributed by atoms with Crippen molar-refractivity contribution in [1.29, 1.82) is 0 Å². The van der Waals surface area contributed by atoms with E-state index in [1.807, 2.05) is 36.5 Å². The van der Waals surface area contributed by atoms with Gasteiger partial charge in [-0.1, -0.05) is 30.3 Å². The van der Waals surface area contributed by atoms with Crippen molar-refractivity contribution in [1.82, 2.24) is 10.3 Å². The molecule has 0 aliphatic carbocycles. The van der Waals surface area contributed by atoms with Gasteiger partial charge in [0.05, 0.1) is 26.2 Å². The molecule has 0 saturated heterocycles. The molecule has 2 aromatic carbocycles. The summed E-state index contributed by atoms with van der Waals surface area (Å²) in [6, 6.07) is 14.1. The molecule has 1 aromatic heterocycles. The quantitative estimate of drug-likeness (QED) is 0.646. The number of nitrogens with one attached hydrogen (secondary N) is 1. The van der Waals surface area contributed by atoms with Gasteiger partial charge in [0.25, 0.3) is 0 Å². The first kappa shape index (κ1) is 18.2. The van der Waals surface area contributed by atoms with Crippen LogP contribution in [0.15, 0.2) is 48.7 Å². The van der Waals surface area contributed by atoms with Gasteiger partial charge in [-0.2, -0.15) is 0 Å². The van der Waals surface area contributed by atoms with Crippen LogP contribution in [-0.4, -0.2) is 26.3 Å². The van der Waals surface area contributed by atoms with Gasteiger partial charge in [0, 0.05) is 30.9 Å². The number of hydrogen-bond acceptors (Lipinski definition) is 6. The topological polar surface area (TPSA) is 52.6 Å². The molecule has 3 rings (SSSR count). The van der Waals surface area contributed by atoms with Crippen LogP contribution in [0.3, 0.4) is 0 Å². The first-order chi connectivity index (χ1) is 12.7. The van der Waals surface area contributed by atoms with E-state index in [-0.39, 0.29) is 0 Å². The van der Waals surface area contributed by atoms with Crippen LogP contribution < -0.4 is 19.5 Å². The Morgan fingerprint density at radius 2 is 1.58 bits per heavy atom. The highest BCUT2D eigenvalue weighted by Gasteiger charge is 2.15. The molecule has 0 spiro atoms. The molecular weight excluding hydrogens is 348 g/mol. The van der Waals surface area contributed by atoms with Crippen LogP contribution in [0.2, 0.25) is 0 Å². The lowest BCUT2D eigenvalue weighted by Gasteiger charge is -2.12. The number of benzene rings is 2. The lowest BCUT2D eigenvalue weighted by molar-refractivity contribution is 0.349. The minimum atomic E-state index is 0.641. The van der Waals surface area contributed by atoms with Crippen molar-refractivity contribution >= 4 is 11.3 Å². The van der Waals surface area contributed by atoms with Crippen molar-refractivity contribution in [2.24, 2.45) is 0 Å². The first-order valence-corrected chi connectivity index (χ1v) is 9.06. The number of methoxy groups -OCH3 is 3. The van der Waals surface area contributed by atoms with E-state index in [4.69, 9.17) is 14.2 Å². The van der Waals surface area contributed by atoms with E-state index in [0.717, 1.165) is 34.3 Å². The molecule has 1 N–H and O–H groups in total. The molecule has 0 radical (unpaired) electrons. The van der Waals surface area contributed by atoms with Gasteiger partial charge in [0.1, 0.15) is 10.8 Å². The van der Waals surface area contributed by atoms with Crippen LogP contribution in [0.5, 0.6) is 17.2 Å². The Kier molecular flexibility index (Phi) is 6.09. The molecule has 0 bridgehead atoms. The summed E-state index contributed by atoms with van der Waals surface area (Å²) in [6.45, 7) is 1.53. The number of aromatic nitrogens is 1. The van der Waals surface area contributed by atoms with Crippen molar-refractivity contribution in [2.75, 3.05) is 21.3 Å². The average Bonchev–Trinajstić information content (AvgIpc) is 3.16. The Labute approximate surface area is 157 Å². The third kappa shape index (κ3) is 4.15. The fourth-order valence-corrected chi connectivity index (χ4v) is 3.56. The summed E-state index contributed by atoms with van der Waals surface area (Å²) in [5, 5.41) is 4.45. The SMILES string of the molecule is COc1cc(OC)c(-c2cnc(CNCc3ccccc3)s2)cc1OC. The summed E-state index contributed by atoms with van der Waals surface area (Å²) in [4.78, 5) is 5.55. The summed E-state index contributed by atoms with van der Waals surface area (Å²) < 4.78 is 16.3. The predicted octanol–water partition coefficient (Wildman–Crippen LogP) is 4.13. The second-order valence-electron chi connectivity index (χ2n) is 5.61. The second-order valence-corrected chi connectivity index (χ2v) is 6.73. The first-order valence-electron chi connectivity index (χ1n) is 8.25. The van der Waals surface area contributed by atoms with Gasteiger partial charge >= 0.3 is 0 Å². The molecule has 0 aliphatic rings. The fourth-order valence-electron chi connectivity index (χ4n) is 2.65. The maximum Gasteiger partial charge on any atom is 0.164 e. The van der Waals surface area contributed by atoms with Gasteiger partial charge < -0.3 is 19.5 Å². The van der Waals surface area contributed by atoms with Gasteiger partial charge in [-0.3, -0.25) is 0 Å². The van der Waals surface area contributed by atoms with E-state index in [1.54, 1.807) is 32.7 Å². The van der Waals surface area contributed by atoms with Crippen molar-refractivity contribution in [3.63, 3.8) is 0 Å². The zero-order chi connectivity index (χ0) is 18.4. The number of ether oxygens (including phenoxy) is 3. The van der Waals surface area contributed by atoms with Gasteiger partial charge in [-0.25, -0.2) is 4.98 Å². The largest absolute Gasteiger partial charge is 0.496 e. The summed E-state index contributed by atoms with van der Waals surface area (Å²) in [5.41, 5.74) is 2.20. The molecule has 1 heterocycles. The van der Waals surface area contributed by atoms with Gasteiger partial charge in [-0.15, -0.1) is 11.3 Å². The minimum absolute atomic E-state index is 0.641. The highest BCUT2D eigenvalue weighted by Crippen LogP contribution is 2.41. The summed E-state index contributed by atoms with van der Waals surface area (Å²) in [5.74, 6) is 2.04. The van der Waals surface area contributed by atoms with E-state index in [1.165, 1.54) is 5.56 Å². The molecule has 5 nitrogen and oxygen atoms in total. The molecule has 136 valence electrons. The van der Waals surface area contributed by atoms with Crippen molar-refractivity contribution in [2.45, 2.75) is 13.1 Å². The van der Waals surface area contributed by atoms with E-state index in [2.05, 4.69) is 22.4 Å². The Balaban J connectivity index is 1.74. The summed E-state index contributed by atoms with van der Waals surface area (Å²) in [7, 11) is 4.88. The Bertz CT molecular complexity index is 850. The summed E-state index contributed by atoms with van der Waals surface area (Å²) >= 11 is 1.63. The van der Waals surface area contributed by atoms with Crippen molar-refractivity contribution in [3.8, 4) is 27.7 Å². The monoisotopic (exact) mass is 370 g/mol. The third-order valence-electron chi connectivity index (χ3n) is 3.97. The molecule has 26 heavy (non-hydrogen) atoms. The maximum absolute atomic E-state index is 5.52. The highest BCUT2D eigenvalue weighted by atomic mass is 32.1. The molecular formula is C20H22N2O3S. The highest BCUT2D eigenvalue weighted by molar-refractivity contribution is 7.15. The molecule has 6 heteroatoms. The Hall–Kier alpha value is -2.57. The lowest BCUT2D eigenvalue weighted by atomic mass is 10.1. The molecule has 0 aliphatic heterocycles. The van der Waals surface area contributed by atoms with E-state index in [9.17, 15) is 0 Å². The van der Waals surface area contributed by atoms with Crippen LogP contribution in [0.1, 0.15) is 10.6 Å². The van der Waals surface area contributed by atoms with Crippen LogP contribution >= 0.6 is 11.3 Å². The number of thiazole rings is 1. The fraction of sp³-hybridized carbons (Fsp3) is 0.250. The average molecular weight is 370 g/mol. The van der Waals surface area contributed by atoms with Crippen molar-refractivity contribution in [3.05, 3.63) is 59.2 Å². The zero-order valence-electron chi connectivity index (χ0n) is 15.1. The van der Waals surface area contributed by atoms with Gasteiger partial charge in [0.15, 0.2) is 11.5 Å². The van der Waals surface area contributed by atoms with Gasteiger partial charge in [-0.05, 0) is 11.6 Å². The van der Waals surface area contributed by atoms with E-state index >= 15 is 0 Å². The molecule has 0 amide bonds. The van der Waals surface area contributed by atoms with Gasteiger partial charge in [0.2, 0.25) is 0 Å². The Morgan fingerprint density at radius 1 is 0.885 bits per heavy atom. The van der Waals surface area contributed by atoms with Crippen LogP contribution in [0.25, 0.3) is 10.4 Å². The standard InChI is InChI=1S/C20H22N2O3S/c1-23-16-10-18(25-3)17(24-2)9-15(16)19-12-22-20(26-19)13-21-11-14-7-5-4-6-8-14/h4-10,12,21H,11,13H2,1-3H3. The smallest absolute Gasteiger partial charge is 0.164 e. The molecule has 0 fully saturated rings. The van der Waals surface area contributed by atoms with Crippen LogP contribution in [0.4, 0.5) is 0 Å². The second kappa shape index (κ2) is 8.69. The number of hydrogen-bond donors (Lipinski definition) is 1. The number of nitrogens with zero attached hydrogens (tertiary/aromatic N) is 1. The van der Waals surface area contributed by atoms with Crippen LogP contribution in [-0.2, 0) is 13.1 Å². The van der Waals surface area contributed by atoms with E-state index in [0.29, 0.717) is 11.5 Å². The Morgan fingerprint density at radius 3 is 2.27 bits per heavy atom. The summed E-state index contributed by atoms with van der Waals surface area (Å²) in [6.07, 6.45) is 1.87.